The van der Waals surface area contributed by atoms with Crippen LogP contribution in [-0.4, -0.2) is 19.7 Å². The molecule has 0 amide bonds. The van der Waals surface area contributed by atoms with Gasteiger partial charge in [0.15, 0.2) is 0 Å². The van der Waals surface area contributed by atoms with Gasteiger partial charge in [0.2, 0.25) is 5.95 Å². The van der Waals surface area contributed by atoms with Gasteiger partial charge in [-0.3, -0.25) is 4.98 Å². The van der Waals surface area contributed by atoms with Gasteiger partial charge in [-0.25, -0.2) is 4.68 Å². The third-order valence-electron chi connectivity index (χ3n) is 4.33. The Morgan fingerprint density at radius 2 is 2.00 bits per heavy atom. The first-order chi connectivity index (χ1) is 10.2. The van der Waals surface area contributed by atoms with Crippen molar-refractivity contribution in [2.24, 2.45) is 5.92 Å². The van der Waals surface area contributed by atoms with Crippen LogP contribution >= 0.6 is 0 Å². The summed E-state index contributed by atoms with van der Waals surface area (Å²) in [6.07, 6.45) is 0.892. The van der Waals surface area contributed by atoms with Gasteiger partial charge in [-0.2, -0.15) is 4.98 Å². The summed E-state index contributed by atoms with van der Waals surface area (Å²) in [6.45, 7) is 3.04. The Morgan fingerprint density at radius 1 is 1.14 bits per heavy atom. The third-order valence-corrected chi connectivity index (χ3v) is 4.33. The van der Waals surface area contributed by atoms with Crippen LogP contribution in [0.3, 0.4) is 0 Å². The molecule has 5 nitrogen and oxygen atoms in total. The molecule has 0 bridgehead atoms. The number of nitrogens with zero attached hydrogens (tertiary/aromatic N) is 4. The summed E-state index contributed by atoms with van der Waals surface area (Å²) in [5, 5.41) is 5.46. The van der Waals surface area contributed by atoms with E-state index in [4.69, 9.17) is 10.7 Å². The van der Waals surface area contributed by atoms with Gasteiger partial charge < -0.3 is 5.73 Å². The smallest absolute Gasteiger partial charge is 0.239 e. The van der Waals surface area contributed by atoms with Gasteiger partial charge in [0, 0.05) is 23.4 Å². The van der Waals surface area contributed by atoms with Crippen molar-refractivity contribution in [3.63, 3.8) is 0 Å². The predicted molar refractivity (Wildman–Crippen MR) is 81.8 cm³/mol. The van der Waals surface area contributed by atoms with Crippen LogP contribution in [0.25, 0.3) is 10.9 Å². The molecule has 0 radical (unpaired) electrons. The van der Waals surface area contributed by atoms with Gasteiger partial charge in [0.05, 0.1) is 12.1 Å². The second kappa shape index (κ2) is 4.55. The molecular weight excluding hydrogens is 262 g/mol. The normalized spacial score (nSPS) is 21.4. The van der Waals surface area contributed by atoms with E-state index in [9.17, 15) is 0 Å². The van der Waals surface area contributed by atoms with Crippen LogP contribution in [0, 0.1) is 5.92 Å². The summed E-state index contributed by atoms with van der Waals surface area (Å²) < 4.78 is 1.93. The molecule has 106 valence electrons. The maximum Gasteiger partial charge on any atom is 0.239 e. The predicted octanol–water partition coefficient (Wildman–Crippen LogP) is 2.38. The van der Waals surface area contributed by atoms with Gasteiger partial charge in [0.1, 0.15) is 5.82 Å². The lowest BCUT2D eigenvalue weighted by Crippen LogP contribution is -2.27. The largest absolute Gasteiger partial charge is 0.366 e. The molecule has 2 N–H and O–H groups in total. The van der Waals surface area contributed by atoms with E-state index >= 15 is 0 Å². The molecule has 0 fully saturated rings. The summed E-state index contributed by atoms with van der Waals surface area (Å²) >= 11 is 0. The van der Waals surface area contributed by atoms with Crippen molar-refractivity contribution in [1.29, 1.82) is 0 Å². The molecule has 0 spiro atoms. The second-order valence-electron chi connectivity index (χ2n) is 5.79. The Bertz CT molecular complexity index is 807. The van der Waals surface area contributed by atoms with Crippen LogP contribution < -0.4 is 5.73 Å². The quantitative estimate of drug-likeness (QED) is 0.742. The lowest BCUT2D eigenvalue weighted by molar-refractivity contribution is 0.325. The number of nitrogen functional groups attached to an aromatic ring is 1. The number of benzene rings is 1. The number of pyridine rings is 1. The Morgan fingerprint density at radius 3 is 2.90 bits per heavy atom. The lowest BCUT2D eigenvalue weighted by Gasteiger charge is -2.28. The van der Waals surface area contributed by atoms with E-state index in [0.29, 0.717) is 17.8 Å². The van der Waals surface area contributed by atoms with Gasteiger partial charge in [-0.15, -0.1) is 5.10 Å². The van der Waals surface area contributed by atoms with Crippen LogP contribution in [0.5, 0.6) is 0 Å². The summed E-state index contributed by atoms with van der Waals surface area (Å²) in [6, 6.07) is 12.5. The Balaban J connectivity index is 1.74. The summed E-state index contributed by atoms with van der Waals surface area (Å²) in [5.74, 6) is 2.18. The van der Waals surface area contributed by atoms with Crippen LogP contribution in [-0.2, 0) is 13.0 Å². The van der Waals surface area contributed by atoms with Gasteiger partial charge in [0.25, 0.3) is 0 Å². The Kier molecular flexibility index (Phi) is 2.67. The highest BCUT2D eigenvalue weighted by Crippen LogP contribution is 2.32. The SMILES string of the molecule is CC1Cc2nc(N)nn2CC1c1ccc2ccccc2n1. The molecule has 3 aromatic rings. The van der Waals surface area contributed by atoms with Crippen LogP contribution in [0.15, 0.2) is 36.4 Å². The summed E-state index contributed by atoms with van der Waals surface area (Å²) in [7, 11) is 0. The first-order valence-corrected chi connectivity index (χ1v) is 7.25. The maximum absolute atomic E-state index is 5.70. The Hall–Kier alpha value is -2.43. The van der Waals surface area contributed by atoms with E-state index in [1.165, 1.54) is 5.39 Å². The number of fused-ring (bicyclic) bond motifs is 2. The topological polar surface area (TPSA) is 69.6 Å². The highest BCUT2D eigenvalue weighted by atomic mass is 15.4. The van der Waals surface area contributed by atoms with E-state index < -0.39 is 0 Å². The van der Waals surface area contributed by atoms with E-state index in [0.717, 1.165) is 30.0 Å². The average molecular weight is 279 g/mol. The second-order valence-corrected chi connectivity index (χ2v) is 5.79. The average Bonchev–Trinajstić information content (AvgIpc) is 2.85. The lowest BCUT2D eigenvalue weighted by atomic mass is 9.85. The number of para-hydroxylation sites is 1. The molecule has 2 unspecified atom stereocenters. The molecule has 4 rings (SSSR count). The van der Waals surface area contributed by atoms with Crippen molar-refractivity contribution < 1.29 is 0 Å². The third kappa shape index (κ3) is 2.05. The Labute approximate surface area is 122 Å². The first kappa shape index (κ1) is 12.3. The van der Waals surface area contributed by atoms with Crippen molar-refractivity contribution in [1.82, 2.24) is 19.7 Å². The van der Waals surface area contributed by atoms with Crippen molar-refractivity contribution >= 4 is 16.9 Å². The van der Waals surface area contributed by atoms with Gasteiger partial charge in [-0.1, -0.05) is 31.2 Å². The summed E-state index contributed by atoms with van der Waals surface area (Å²) in [4.78, 5) is 9.13. The van der Waals surface area contributed by atoms with Crippen molar-refractivity contribution in [2.75, 3.05) is 5.73 Å². The minimum Gasteiger partial charge on any atom is -0.366 e. The van der Waals surface area contributed by atoms with Crippen molar-refractivity contribution in [3.05, 3.63) is 47.9 Å². The highest BCUT2D eigenvalue weighted by Gasteiger charge is 2.29. The molecule has 0 aliphatic carbocycles. The number of nitrogens with two attached hydrogens (primary N) is 1. The molecule has 21 heavy (non-hydrogen) atoms. The van der Waals surface area contributed by atoms with E-state index in [1.54, 1.807) is 0 Å². The zero-order valence-corrected chi connectivity index (χ0v) is 11.9. The number of anilines is 1. The van der Waals surface area contributed by atoms with Gasteiger partial charge in [-0.05, 0) is 18.1 Å². The molecule has 2 atom stereocenters. The fourth-order valence-electron chi connectivity index (χ4n) is 3.16. The van der Waals surface area contributed by atoms with Crippen molar-refractivity contribution in [2.45, 2.75) is 25.8 Å². The number of aromatic nitrogens is 4. The minimum absolute atomic E-state index is 0.350. The van der Waals surface area contributed by atoms with Crippen molar-refractivity contribution in [3.8, 4) is 0 Å². The minimum atomic E-state index is 0.350. The summed E-state index contributed by atoms with van der Waals surface area (Å²) in [5.41, 5.74) is 7.88. The molecular formula is C16H17N5. The van der Waals surface area contributed by atoms with Crippen LogP contribution in [0.1, 0.15) is 24.4 Å². The molecule has 3 heterocycles. The van der Waals surface area contributed by atoms with E-state index in [-0.39, 0.29) is 0 Å². The molecule has 1 aliphatic heterocycles. The standard InChI is InChI=1S/C16H17N5/c1-10-8-15-19-16(17)20-21(15)9-12(10)14-7-6-11-4-2-3-5-13(11)18-14/h2-7,10,12H,8-9H2,1H3,(H2,17,20). The van der Waals surface area contributed by atoms with E-state index in [1.807, 2.05) is 16.8 Å². The zero-order valence-electron chi connectivity index (χ0n) is 11.9. The zero-order chi connectivity index (χ0) is 14.4. The molecule has 1 aromatic carbocycles. The number of hydrogen-bond acceptors (Lipinski definition) is 4. The molecule has 0 saturated heterocycles. The van der Waals surface area contributed by atoms with Crippen LogP contribution in [0.4, 0.5) is 5.95 Å². The van der Waals surface area contributed by atoms with Crippen LogP contribution in [0.2, 0.25) is 0 Å². The molecule has 5 heteroatoms. The molecule has 0 saturated carbocycles. The fourth-order valence-corrected chi connectivity index (χ4v) is 3.16. The maximum atomic E-state index is 5.70. The monoisotopic (exact) mass is 279 g/mol. The first-order valence-electron chi connectivity index (χ1n) is 7.25. The number of rotatable bonds is 1. The molecule has 1 aliphatic rings. The number of hydrogen-bond donors (Lipinski definition) is 1. The fraction of sp³-hybridized carbons (Fsp3) is 0.312. The highest BCUT2D eigenvalue weighted by molar-refractivity contribution is 5.78. The van der Waals surface area contributed by atoms with E-state index in [2.05, 4.69) is 41.3 Å². The van der Waals surface area contributed by atoms with Gasteiger partial charge >= 0.3 is 0 Å². The molecule has 2 aromatic heterocycles.